The van der Waals surface area contributed by atoms with Gasteiger partial charge in [-0.05, 0) is 89.9 Å². The maximum atomic E-state index is 13.0. The second kappa shape index (κ2) is 71.3. The molecule has 0 saturated carbocycles. The molecule has 0 aromatic heterocycles. The van der Waals surface area contributed by atoms with Crippen molar-refractivity contribution >= 4 is 17.9 Å². The molecule has 0 aliphatic heterocycles. The summed E-state index contributed by atoms with van der Waals surface area (Å²) in [6.45, 7) is 6.59. The Hall–Kier alpha value is -3.15. The molecule has 0 bridgehead atoms. The number of carbonyl (C=O) groups is 3. The number of allylic oxidation sites excluding steroid dienone is 12. The molecule has 0 rings (SSSR count). The van der Waals surface area contributed by atoms with Crippen LogP contribution in [0.3, 0.4) is 0 Å². The number of carbonyl (C=O) groups excluding carboxylic acids is 3. The van der Waals surface area contributed by atoms with E-state index >= 15 is 0 Å². The van der Waals surface area contributed by atoms with Crippen molar-refractivity contribution in [2.24, 2.45) is 0 Å². The van der Waals surface area contributed by atoms with Crippen LogP contribution in [0.4, 0.5) is 0 Å². The maximum absolute atomic E-state index is 13.0. The first-order chi connectivity index (χ1) is 41.0. The third-order valence-corrected chi connectivity index (χ3v) is 16.2. The highest BCUT2D eigenvalue weighted by Crippen LogP contribution is 2.18. The number of hydrogen-bond donors (Lipinski definition) is 0. The van der Waals surface area contributed by atoms with Gasteiger partial charge in [0.1, 0.15) is 13.2 Å². The van der Waals surface area contributed by atoms with E-state index in [9.17, 15) is 14.4 Å². The fraction of sp³-hybridized carbons (Fsp3) is 0.805. The lowest BCUT2D eigenvalue weighted by molar-refractivity contribution is -0.167. The summed E-state index contributed by atoms with van der Waals surface area (Å²) in [5.41, 5.74) is 0. The Balaban J connectivity index is 4.32. The van der Waals surface area contributed by atoms with Gasteiger partial charge in [-0.2, -0.15) is 0 Å². The van der Waals surface area contributed by atoms with Crippen LogP contribution >= 0.6 is 0 Å². The zero-order valence-corrected chi connectivity index (χ0v) is 55.5. The maximum Gasteiger partial charge on any atom is 0.306 e. The molecule has 0 aliphatic carbocycles. The van der Waals surface area contributed by atoms with Gasteiger partial charge in [-0.3, -0.25) is 14.4 Å². The lowest BCUT2D eigenvalue weighted by atomic mass is 10.0. The van der Waals surface area contributed by atoms with Gasteiger partial charge in [0.2, 0.25) is 0 Å². The van der Waals surface area contributed by atoms with E-state index in [1.807, 2.05) is 0 Å². The summed E-state index contributed by atoms with van der Waals surface area (Å²) in [4.78, 5) is 38.5. The molecule has 482 valence electrons. The molecule has 0 N–H and O–H groups in total. The van der Waals surface area contributed by atoms with Gasteiger partial charge in [0, 0.05) is 19.3 Å². The van der Waals surface area contributed by atoms with Crippen molar-refractivity contribution in [3.05, 3.63) is 72.9 Å². The largest absolute Gasteiger partial charge is 0.462 e. The van der Waals surface area contributed by atoms with Crippen molar-refractivity contribution in [3.8, 4) is 0 Å². The Kier molecular flexibility index (Phi) is 68.6. The summed E-state index contributed by atoms with van der Waals surface area (Å²) in [5.74, 6) is -0.851. The van der Waals surface area contributed by atoms with Gasteiger partial charge in [-0.1, -0.05) is 344 Å². The number of unbranched alkanes of at least 4 members (excludes halogenated alkanes) is 44. The average molecular weight is 1160 g/mol. The number of rotatable bonds is 67. The molecule has 0 fully saturated rings. The SMILES string of the molecule is CC/C=C\C/C=C\C/C=C\C/C=C\C/C=C\CCCCCCCCCCCCCC(=O)OCC(COC(=O)CCCCCCCCCCCCCCCCCCCCC)OC(=O)CCCCCCCCCCC/C=C\CCCCCCCC. The van der Waals surface area contributed by atoms with Crippen LogP contribution in [-0.4, -0.2) is 37.2 Å². The van der Waals surface area contributed by atoms with E-state index in [-0.39, 0.29) is 31.1 Å². The van der Waals surface area contributed by atoms with Crippen molar-refractivity contribution < 1.29 is 28.6 Å². The number of esters is 3. The molecule has 1 unspecified atom stereocenters. The van der Waals surface area contributed by atoms with Gasteiger partial charge in [0.05, 0.1) is 0 Å². The summed E-state index contributed by atoms with van der Waals surface area (Å²) in [6, 6.07) is 0. The Bertz CT molecular complexity index is 1520. The Morgan fingerprint density at radius 2 is 0.470 bits per heavy atom. The highest BCUT2D eigenvalue weighted by atomic mass is 16.6. The first-order valence-corrected chi connectivity index (χ1v) is 36.4. The number of hydrogen-bond acceptors (Lipinski definition) is 6. The molecule has 0 aromatic rings. The molecule has 0 aliphatic rings. The average Bonchev–Trinajstić information content (AvgIpc) is 3.50. The lowest BCUT2D eigenvalue weighted by Crippen LogP contribution is -2.30. The van der Waals surface area contributed by atoms with E-state index in [0.29, 0.717) is 19.3 Å². The third-order valence-electron chi connectivity index (χ3n) is 16.2. The Morgan fingerprint density at radius 1 is 0.253 bits per heavy atom. The van der Waals surface area contributed by atoms with Crippen LogP contribution in [-0.2, 0) is 28.6 Å². The van der Waals surface area contributed by atoms with Crippen molar-refractivity contribution in [1.82, 2.24) is 0 Å². The van der Waals surface area contributed by atoms with E-state index in [1.54, 1.807) is 0 Å². The van der Waals surface area contributed by atoms with Crippen LogP contribution in [0.5, 0.6) is 0 Å². The van der Waals surface area contributed by atoms with Crippen LogP contribution in [0, 0.1) is 0 Å². The summed E-state index contributed by atoms with van der Waals surface area (Å²) < 4.78 is 17.0. The molecule has 0 saturated heterocycles. The molecule has 0 amide bonds. The number of ether oxygens (including phenoxy) is 3. The minimum atomic E-state index is -0.778. The second-order valence-corrected chi connectivity index (χ2v) is 24.5. The minimum Gasteiger partial charge on any atom is -0.462 e. The monoisotopic (exact) mass is 1160 g/mol. The fourth-order valence-electron chi connectivity index (χ4n) is 10.8. The van der Waals surface area contributed by atoms with Crippen LogP contribution in [0.15, 0.2) is 72.9 Å². The lowest BCUT2D eigenvalue weighted by Gasteiger charge is -2.18. The van der Waals surface area contributed by atoms with Gasteiger partial charge in [-0.15, -0.1) is 0 Å². The molecule has 6 nitrogen and oxygen atoms in total. The smallest absolute Gasteiger partial charge is 0.306 e. The van der Waals surface area contributed by atoms with Crippen LogP contribution in [0.2, 0.25) is 0 Å². The first-order valence-electron chi connectivity index (χ1n) is 36.4. The predicted octanol–water partition coefficient (Wildman–Crippen LogP) is 25.2. The van der Waals surface area contributed by atoms with Gasteiger partial charge >= 0.3 is 17.9 Å². The van der Waals surface area contributed by atoms with Gasteiger partial charge in [0.15, 0.2) is 6.10 Å². The third kappa shape index (κ3) is 69.5. The molecule has 0 aromatic carbocycles. The predicted molar refractivity (Wildman–Crippen MR) is 362 cm³/mol. The molecular weight excluding hydrogens is 1020 g/mol. The molecule has 6 heteroatoms. The van der Waals surface area contributed by atoms with Crippen molar-refractivity contribution in [2.45, 2.75) is 386 Å². The fourth-order valence-corrected chi connectivity index (χ4v) is 10.8. The van der Waals surface area contributed by atoms with Crippen LogP contribution in [0.1, 0.15) is 380 Å². The highest BCUT2D eigenvalue weighted by Gasteiger charge is 2.19. The zero-order chi connectivity index (χ0) is 59.9. The van der Waals surface area contributed by atoms with E-state index in [1.165, 1.54) is 250 Å². The molecule has 0 spiro atoms. The molecule has 1 atom stereocenters. The minimum absolute atomic E-state index is 0.0719. The Morgan fingerprint density at radius 3 is 0.747 bits per heavy atom. The summed E-state index contributed by atoms with van der Waals surface area (Å²) in [6.07, 6.45) is 93.5. The van der Waals surface area contributed by atoms with Crippen LogP contribution < -0.4 is 0 Å². The first kappa shape index (κ1) is 79.8. The Labute approximate surface area is 516 Å². The van der Waals surface area contributed by atoms with Crippen LogP contribution in [0.25, 0.3) is 0 Å². The van der Waals surface area contributed by atoms with Crippen molar-refractivity contribution in [1.29, 1.82) is 0 Å². The van der Waals surface area contributed by atoms with E-state index < -0.39 is 6.10 Å². The van der Waals surface area contributed by atoms with Crippen molar-refractivity contribution in [3.63, 3.8) is 0 Å². The summed E-state index contributed by atoms with van der Waals surface area (Å²) in [5, 5.41) is 0. The highest BCUT2D eigenvalue weighted by molar-refractivity contribution is 5.71. The molecular formula is C77H138O6. The van der Waals surface area contributed by atoms with Gasteiger partial charge in [0.25, 0.3) is 0 Å². The molecule has 0 radical (unpaired) electrons. The van der Waals surface area contributed by atoms with E-state index in [0.717, 1.165) is 89.9 Å². The topological polar surface area (TPSA) is 78.9 Å². The normalized spacial score (nSPS) is 12.5. The molecule has 83 heavy (non-hydrogen) atoms. The zero-order valence-electron chi connectivity index (χ0n) is 55.5. The van der Waals surface area contributed by atoms with Gasteiger partial charge < -0.3 is 14.2 Å². The summed E-state index contributed by atoms with van der Waals surface area (Å²) in [7, 11) is 0. The quantitative estimate of drug-likeness (QED) is 0.0261. The van der Waals surface area contributed by atoms with E-state index in [2.05, 4.69) is 93.7 Å². The van der Waals surface area contributed by atoms with E-state index in [4.69, 9.17) is 14.2 Å². The van der Waals surface area contributed by atoms with Crippen molar-refractivity contribution in [2.75, 3.05) is 13.2 Å². The molecule has 0 heterocycles. The standard InChI is InChI=1S/C77H138O6/c1-4-7-10-13-16-19-22-25-28-31-34-35-36-37-38-39-40-41-44-46-49-52-55-58-61-64-67-70-76(79)82-73-74(83-77(80)71-68-65-62-59-56-53-50-47-43-33-30-27-24-21-18-15-12-9-6-3)72-81-75(78)69-66-63-60-57-54-51-48-45-42-32-29-26-23-20-17-14-11-8-5-2/h7,10,16,19,25,27-28,30,34-35,37-38,74H,4-6,8-9,11-15,17-18,20-24,26,29,31-33,36,39-73H2,1-3H3/b10-7-,19-16-,28-25-,30-27-,35-34-,38-37-. The second-order valence-electron chi connectivity index (χ2n) is 24.5. The summed E-state index contributed by atoms with van der Waals surface area (Å²) >= 11 is 0. The van der Waals surface area contributed by atoms with Gasteiger partial charge in [-0.25, -0.2) is 0 Å².